The van der Waals surface area contributed by atoms with E-state index in [-0.39, 0.29) is 11.9 Å². The fraction of sp³-hybridized carbons (Fsp3) is 0.208. The lowest BCUT2D eigenvalue weighted by molar-refractivity contribution is 0.0939. The maximum Gasteiger partial charge on any atom is 0.251 e. The minimum Gasteiger partial charge on any atom is -0.493 e. The number of methoxy groups -OCH3 is 2. The summed E-state index contributed by atoms with van der Waals surface area (Å²) < 4.78 is 16.4. The fourth-order valence-corrected chi connectivity index (χ4v) is 2.95. The summed E-state index contributed by atoms with van der Waals surface area (Å²) in [4.78, 5) is 12.7. The van der Waals surface area contributed by atoms with Gasteiger partial charge in [-0.2, -0.15) is 0 Å². The van der Waals surface area contributed by atoms with Gasteiger partial charge >= 0.3 is 0 Å². The van der Waals surface area contributed by atoms with E-state index in [1.165, 1.54) is 0 Å². The maximum atomic E-state index is 12.7. The van der Waals surface area contributed by atoms with Gasteiger partial charge in [0.15, 0.2) is 11.5 Å². The lowest BCUT2D eigenvalue weighted by Crippen LogP contribution is -2.26. The minimum atomic E-state index is -0.198. The van der Waals surface area contributed by atoms with E-state index in [2.05, 4.69) is 5.32 Å². The number of carbonyl (C=O) groups is 1. The van der Waals surface area contributed by atoms with Crippen molar-refractivity contribution >= 4 is 5.91 Å². The molecule has 0 fully saturated rings. The molecule has 150 valence electrons. The third-order valence-corrected chi connectivity index (χ3v) is 4.60. The molecule has 3 rings (SSSR count). The molecule has 0 bridgehead atoms. The smallest absolute Gasteiger partial charge is 0.251 e. The van der Waals surface area contributed by atoms with Gasteiger partial charge in [-0.05, 0) is 48.4 Å². The summed E-state index contributed by atoms with van der Waals surface area (Å²) in [5.41, 5.74) is 2.54. The Balaban J connectivity index is 1.66. The van der Waals surface area contributed by atoms with Gasteiger partial charge in [0.05, 0.1) is 20.3 Å². The molecular weight excluding hydrogens is 366 g/mol. The van der Waals surface area contributed by atoms with Crippen LogP contribution in [0.4, 0.5) is 0 Å². The molecule has 3 aromatic rings. The van der Waals surface area contributed by atoms with Gasteiger partial charge in [-0.3, -0.25) is 4.79 Å². The molecule has 5 heteroatoms. The van der Waals surface area contributed by atoms with Crippen LogP contribution < -0.4 is 19.5 Å². The molecule has 29 heavy (non-hydrogen) atoms. The first-order chi connectivity index (χ1) is 14.1. The highest BCUT2D eigenvalue weighted by Gasteiger charge is 2.14. The van der Waals surface area contributed by atoms with Crippen molar-refractivity contribution in [2.75, 3.05) is 14.2 Å². The Bertz CT molecular complexity index is 956. The molecule has 0 aliphatic heterocycles. The third kappa shape index (κ3) is 5.29. The Hall–Kier alpha value is -3.47. The SMILES string of the molecule is COc1ccc(C(C)NC(=O)c2cccc(OCc3ccccc3)c2)cc1OC. The highest BCUT2D eigenvalue weighted by molar-refractivity contribution is 5.94. The van der Waals surface area contributed by atoms with E-state index in [4.69, 9.17) is 14.2 Å². The molecule has 0 aliphatic rings. The zero-order valence-corrected chi connectivity index (χ0v) is 16.8. The van der Waals surface area contributed by atoms with Gasteiger partial charge in [0.2, 0.25) is 0 Å². The van der Waals surface area contributed by atoms with Gasteiger partial charge in [0, 0.05) is 5.56 Å². The van der Waals surface area contributed by atoms with Crippen molar-refractivity contribution in [3.8, 4) is 17.2 Å². The standard InChI is InChI=1S/C24H25NO4/c1-17(19-12-13-22(27-2)23(15-19)28-3)25-24(26)20-10-7-11-21(14-20)29-16-18-8-5-4-6-9-18/h4-15,17H,16H2,1-3H3,(H,25,26). The van der Waals surface area contributed by atoms with Crippen LogP contribution >= 0.6 is 0 Å². The molecule has 0 saturated heterocycles. The Kier molecular flexibility index (Phi) is 6.74. The number of amides is 1. The van der Waals surface area contributed by atoms with Crippen molar-refractivity contribution in [3.05, 3.63) is 89.5 Å². The predicted molar refractivity (Wildman–Crippen MR) is 113 cm³/mol. The van der Waals surface area contributed by atoms with E-state index in [1.54, 1.807) is 26.4 Å². The highest BCUT2D eigenvalue weighted by Crippen LogP contribution is 2.30. The van der Waals surface area contributed by atoms with Gasteiger partial charge in [-0.25, -0.2) is 0 Å². The lowest BCUT2D eigenvalue weighted by Gasteiger charge is -2.17. The normalized spacial score (nSPS) is 11.4. The first-order valence-corrected chi connectivity index (χ1v) is 9.40. The van der Waals surface area contributed by atoms with Gasteiger partial charge < -0.3 is 19.5 Å². The molecule has 0 saturated carbocycles. The summed E-state index contributed by atoms with van der Waals surface area (Å²) in [5, 5.41) is 3.01. The van der Waals surface area contributed by atoms with Crippen LogP contribution in [0.5, 0.6) is 17.2 Å². The fourth-order valence-electron chi connectivity index (χ4n) is 2.95. The lowest BCUT2D eigenvalue weighted by atomic mass is 10.1. The second-order valence-corrected chi connectivity index (χ2v) is 6.61. The van der Waals surface area contributed by atoms with Crippen molar-refractivity contribution in [2.24, 2.45) is 0 Å². The Labute approximate surface area is 171 Å². The summed E-state index contributed by atoms with van der Waals surface area (Å²) in [7, 11) is 3.18. The second kappa shape index (κ2) is 9.64. The van der Waals surface area contributed by atoms with E-state index < -0.39 is 0 Å². The quantitative estimate of drug-likeness (QED) is 0.601. The van der Waals surface area contributed by atoms with Crippen molar-refractivity contribution in [1.82, 2.24) is 5.32 Å². The number of ether oxygens (including phenoxy) is 3. The Morgan fingerprint density at radius 3 is 2.38 bits per heavy atom. The molecule has 1 N–H and O–H groups in total. The number of nitrogens with one attached hydrogen (secondary N) is 1. The largest absolute Gasteiger partial charge is 0.493 e. The summed E-state index contributed by atoms with van der Waals surface area (Å²) in [6, 6.07) is 22.5. The van der Waals surface area contributed by atoms with Crippen LogP contribution in [0.3, 0.4) is 0 Å². The van der Waals surface area contributed by atoms with Gasteiger partial charge in [-0.1, -0.05) is 42.5 Å². The molecular formula is C24H25NO4. The molecule has 5 nitrogen and oxygen atoms in total. The van der Waals surface area contributed by atoms with Crippen LogP contribution in [0, 0.1) is 0 Å². The summed E-state index contributed by atoms with van der Waals surface area (Å²) >= 11 is 0. The number of rotatable bonds is 8. The first kappa shape index (κ1) is 20.3. The molecule has 1 unspecified atom stereocenters. The minimum absolute atomic E-state index is 0.169. The topological polar surface area (TPSA) is 56.8 Å². The number of hydrogen-bond donors (Lipinski definition) is 1. The predicted octanol–water partition coefficient (Wildman–Crippen LogP) is 4.77. The molecule has 1 atom stereocenters. The van der Waals surface area contributed by atoms with Crippen LogP contribution in [0.1, 0.15) is 34.5 Å². The van der Waals surface area contributed by atoms with Crippen LogP contribution in [-0.2, 0) is 6.61 Å². The second-order valence-electron chi connectivity index (χ2n) is 6.61. The van der Waals surface area contributed by atoms with Crippen LogP contribution in [0.15, 0.2) is 72.8 Å². The number of benzene rings is 3. The van der Waals surface area contributed by atoms with Crippen molar-refractivity contribution in [1.29, 1.82) is 0 Å². The van der Waals surface area contributed by atoms with Crippen molar-refractivity contribution in [3.63, 3.8) is 0 Å². The van der Waals surface area contributed by atoms with Crippen LogP contribution in [-0.4, -0.2) is 20.1 Å². The van der Waals surface area contributed by atoms with E-state index in [0.29, 0.717) is 29.4 Å². The van der Waals surface area contributed by atoms with Crippen LogP contribution in [0.2, 0.25) is 0 Å². The van der Waals surface area contributed by atoms with E-state index in [0.717, 1.165) is 11.1 Å². The monoisotopic (exact) mass is 391 g/mol. The van der Waals surface area contributed by atoms with E-state index >= 15 is 0 Å². The molecule has 0 radical (unpaired) electrons. The highest BCUT2D eigenvalue weighted by atomic mass is 16.5. The Morgan fingerprint density at radius 1 is 0.897 bits per heavy atom. The summed E-state index contributed by atoms with van der Waals surface area (Å²) in [5.74, 6) is 1.76. The molecule has 0 aromatic heterocycles. The maximum absolute atomic E-state index is 12.7. The molecule has 3 aromatic carbocycles. The van der Waals surface area contributed by atoms with E-state index in [9.17, 15) is 4.79 Å². The van der Waals surface area contributed by atoms with E-state index in [1.807, 2.05) is 67.6 Å². The molecule has 0 aliphatic carbocycles. The Morgan fingerprint density at radius 2 is 1.66 bits per heavy atom. The van der Waals surface area contributed by atoms with Gasteiger partial charge in [-0.15, -0.1) is 0 Å². The zero-order valence-electron chi connectivity index (χ0n) is 16.8. The van der Waals surface area contributed by atoms with Crippen molar-refractivity contribution < 1.29 is 19.0 Å². The summed E-state index contributed by atoms with van der Waals surface area (Å²) in [6.45, 7) is 2.38. The zero-order chi connectivity index (χ0) is 20.6. The molecule has 0 spiro atoms. The molecule has 1 amide bonds. The number of hydrogen-bond acceptors (Lipinski definition) is 4. The van der Waals surface area contributed by atoms with Crippen molar-refractivity contribution in [2.45, 2.75) is 19.6 Å². The first-order valence-electron chi connectivity index (χ1n) is 9.40. The average Bonchev–Trinajstić information content (AvgIpc) is 2.78. The average molecular weight is 391 g/mol. The summed E-state index contributed by atoms with van der Waals surface area (Å²) in [6.07, 6.45) is 0. The third-order valence-electron chi connectivity index (χ3n) is 4.60. The molecule has 0 heterocycles. The van der Waals surface area contributed by atoms with Gasteiger partial charge in [0.1, 0.15) is 12.4 Å². The number of carbonyl (C=O) groups excluding carboxylic acids is 1. The van der Waals surface area contributed by atoms with Gasteiger partial charge in [0.25, 0.3) is 5.91 Å². The van der Waals surface area contributed by atoms with Crippen LogP contribution in [0.25, 0.3) is 0 Å².